The zero-order chi connectivity index (χ0) is 13.9. The number of para-hydroxylation sites is 1. The molecule has 0 radical (unpaired) electrons. The summed E-state index contributed by atoms with van der Waals surface area (Å²) < 4.78 is 0. The van der Waals surface area contributed by atoms with Crippen molar-refractivity contribution in [1.82, 2.24) is 4.90 Å². The number of nitrogens with zero attached hydrogens (tertiary/aromatic N) is 2. The molecule has 3 nitrogen and oxygen atoms in total. The van der Waals surface area contributed by atoms with Crippen molar-refractivity contribution in [2.75, 3.05) is 31.1 Å². The van der Waals surface area contributed by atoms with Gasteiger partial charge in [0.1, 0.15) is 0 Å². The van der Waals surface area contributed by atoms with Crippen LogP contribution in [0, 0.1) is 0 Å². The van der Waals surface area contributed by atoms with Crippen LogP contribution in [0.4, 0.5) is 5.69 Å². The Bertz CT molecular complexity index is 457. The molecule has 0 bridgehead atoms. The van der Waals surface area contributed by atoms with E-state index in [1.165, 1.54) is 38.8 Å². The Morgan fingerprint density at radius 1 is 1.15 bits per heavy atom. The van der Waals surface area contributed by atoms with Gasteiger partial charge in [-0.15, -0.1) is 0 Å². The van der Waals surface area contributed by atoms with Gasteiger partial charge in [0.05, 0.1) is 10.7 Å². The molecule has 2 aliphatic heterocycles. The first-order valence-electron chi connectivity index (χ1n) is 7.76. The fourth-order valence-corrected chi connectivity index (χ4v) is 3.92. The van der Waals surface area contributed by atoms with Crippen molar-refractivity contribution in [1.29, 1.82) is 0 Å². The minimum absolute atomic E-state index is 0.556. The molecule has 3 rings (SSSR count). The average Bonchev–Trinajstić information content (AvgIpc) is 2.97. The molecule has 20 heavy (non-hydrogen) atoms. The molecule has 2 aliphatic rings. The Labute approximate surface area is 126 Å². The fourth-order valence-electron chi connectivity index (χ4n) is 3.61. The molecular weight excluding hydrogens is 270 g/mol. The van der Waals surface area contributed by atoms with E-state index in [2.05, 4.69) is 15.9 Å². The first-order valence-corrected chi connectivity index (χ1v) is 8.14. The van der Waals surface area contributed by atoms with Gasteiger partial charge in [0, 0.05) is 25.7 Å². The Kier molecular flexibility index (Phi) is 4.49. The number of hydrogen-bond donors (Lipinski definition) is 1. The van der Waals surface area contributed by atoms with Crippen molar-refractivity contribution in [3.8, 4) is 0 Å². The first-order chi connectivity index (χ1) is 9.79. The smallest absolute Gasteiger partial charge is 0.0642 e. The number of nitrogens with two attached hydrogens (primary N) is 1. The monoisotopic (exact) mass is 293 g/mol. The maximum absolute atomic E-state index is 6.41. The van der Waals surface area contributed by atoms with E-state index in [-0.39, 0.29) is 0 Å². The molecule has 0 aromatic heterocycles. The lowest BCUT2D eigenvalue weighted by molar-refractivity contribution is 0.175. The molecule has 0 saturated carbocycles. The predicted octanol–water partition coefficient (Wildman–Crippen LogP) is 2.86. The number of anilines is 1. The van der Waals surface area contributed by atoms with E-state index in [4.69, 9.17) is 17.3 Å². The molecule has 1 aromatic rings. The van der Waals surface area contributed by atoms with Crippen molar-refractivity contribution in [3.05, 3.63) is 28.8 Å². The molecule has 110 valence electrons. The van der Waals surface area contributed by atoms with E-state index in [0.717, 1.165) is 29.4 Å². The quantitative estimate of drug-likeness (QED) is 0.930. The Morgan fingerprint density at radius 2 is 1.95 bits per heavy atom. The van der Waals surface area contributed by atoms with Crippen LogP contribution in [-0.4, -0.2) is 37.1 Å². The first kappa shape index (κ1) is 14.2. The van der Waals surface area contributed by atoms with E-state index < -0.39 is 0 Å². The van der Waals surface area contributed by atoms with Gasteiger partial charge in [0.15, 0.2) is 0 Å². The van der Waals surface area contributed by atoms with Crippen LogP contribution in [0.3, 0.4) is 0 Å². The third-order valence-corrected chi connectivity index (χ3v) is 4.98. The zero-order valence-electron chi connectivity index (χ0n) is 12.0. The Balaban J connectivity index is 1.73. The van der Waals surface area contributed by atoms with Gasteiger partial charge in [-0.1, -0.05) is 30.2 Å². The van der Waals surface area contributed by atoms with Gasteiger partial charge in [0.25, 0.3) is 0 Å². The molecule has 2 N–H and O–H groups in total. The molecule has 1 unspecified atom stereocenters. The van der Waals surface area contributed by atoms with Crippen molar-refractivity contribution in [2.45, 2.75) is 38.3 Å². The number of halogens is 1. The third-order valence-electron chi connectivity index (χ3n) is 4.68. The van der Waals surface area contributed by atoms with Gasteiger partial charge < -0.3 is 10.6 Å². The molecule has 4 heteroatoms. The number of rotatable bonds is 3. The van der Waals surface area contributed by atoms with Gasteiger partial charge in [-0.2, -0.15) is 0 Å². The van der Waals surface area contributed by atoms with Gasteiger partial charge >= 0.3 is 0 Å². The molecule has 0 aliphatic carbocycles. The van der Waals surface area contributed by atoms with E-state index in [1.807, 2.05) is 12.1 Å². The predicted molar refractivity (Wildman–Crippen MR) is 85.4 cm³/mol. The molecule has 0 amide bonds. The van der Waals surface area contributed by atoms with Gasteiger partial charge in [-0.25, -0.2) is 0 Å². The number of benzene rings is 1. The molecule has 1 aromatic carbocycles. The fraction of sp³-hybridized carbons (Fsp3) is 0.625. The summed E-state index contributed by atoms with van der Waals surface area (Å²) >= 11 is 6.41. The minimum atomic E-state index is 0.556. The summed E-state index contributed by atoms with van der Waals surface area (Å²) in [6.07, 6.45) is 5.36. The van der Waals surface area contributed by atoms with Crippen LogP contribution in [0.5, 0.6) is 0 Å². The highest BCUT2D eigenvalue weighted by Crippen LogP contribution is 2.33. The SMILES string of the molecule is NCc1cccc(Cl)c1N1CCC(N2CCCCC2)C1. The van der Waals surface area contributed by atoms with Crippen LogP contribution in [0.15, 0.2) is 18.2 Å². The van der Waals surface area contributed by atoms with Crippen LogP contribution < -0.4 is 10.6 Å². The Hall–Kier alpha value is -0.770. The lowest BCUT2D eigenvalue weighted by Crippen LogP contribution is -2.41. The summed E-state index contributed by atoms with van der Waals surface area (Å²) in [4.78, 5) is 5.10. The van der Waals surface area contributed by atoms with Crippen LogP contribution in [0.1, 0.15) is 31.2 Å². The summed E-state index contributed by atoms with van der Waals surface area (Å²) in [6, 6.07) is 6.75. The lowest BCUT2D eigenvalue weighted by atomic mass is 10.1. The molecule has 2 fully saturated rings. The van der Waals surface area contributed by atoms with Crippen molar-refractivity contribution >= 4 is 17.3 Å². The van der Waals surface area contributed by atoms with Gasteiger partial charge in [-0.05, 0) is 44.0 Å². The van der Waals surface area contributed by atoms with Crippen molar-refractivity contribution in [2.24, 2.45) is 5.73 Å². The normalized spacial score (nSPS) is 24.3. The van der Waals surface area contributed by atoms with Crippen LogP contribution in [0.25, 0.3) is 0 Å². The zero-order valence-corrected chi connectivity index (χ0v) is 12.8. The molecule has 2 heterocycles. The van der Waals surface area contributed by atoms with E-state index >= 15 is 0 Å². The molecular formula is C16H24ClN3. The van der Waals surface area contributed by atoms with Crippen LogP contribution >= 0.6 is 11.6 Å². The largest absolute Gasteiger partial charge is 0.368 e. The summed E-state index contributed by atoms with van der Waals surface area (Å²) in [5, 5.41) is 0.840. The highest BCUT2D eigenvalue weighted by molar-refractivity contribution is 6.33. The van der Waals surface area contributed by atoms with Gasteiger partial charge in [0.2, 0.25) is 0 Å². The second-order valence-electron chi connectivity index (χ2n) is 5.94. The summed E-state index contributed by atoms with van der Waals surface area (Å²) in [6.45, 7) is 5.28. The lowest BCUT2D eigenvalue weighted by Gasteiger charge is -2.32. The molecule has 1 atom stereocenters. The van der Waals surface area contributed by atoms with E-state index in [0.29, 0.717) is 12.6 Å². The average molecular weight is 294 g/mol. The summed E-state index contributed by atoms with van der Waals surface area (Å²) in [5.74, 6) is 0. The number of hydrogen-bond acceptors (Lipinski definition) is 3. The topological polar surface area (TPSA) is 32.5 Å². The van der Waals surface area contributed by atoms with Crippen LogP contribution in [-0.2, 0) is 6.54 Å². The highest BCUT2D eigenvalue weighted by atomic mass is 35.5. The molecule has 2 saturated heterocycles. The molecule has 0 spiro atoms. The number of piperidine rings is 1. The minimum Gasteiger partial charge on any atom is -0.368 e. The summed E-state index contributed by atoms with van der Waals surface area (Å²) in [7, 11) is 0. The Morgan fingerprint density at radius 3 is 2.70 bits per heavy atom. The van der Waals surface area contributed by atoms with Crippen molar-refractivity contribution < 1.29 is 0 Å². The second-order valence-corrected chi connectivity index (χ2v) is 6.34. The van der Waals surface area contributed by atoms with Crippen molar-refractivity contribution in [3.63, 3.8) is 0 Å². The van der Waals surface area contributed by atoms with Gasteiger partial charge in [-0.3, -0.25) is 4.90 Å². The second kappa shape index (κ2) is 6.33. The maximum atomic E-state index is 6.41. The highest BCUT2D eigenvalue weighted by Gasteiger charge is 2.30. The van der Waals surface area contributed by atoms with E-state index in [1.54, 1.807) is 0 Å². The van der Waals surface area contributed by atoms with Crippen LogP contribution in [0.2, 0.25) is 5.02 Å². The standard InChI is InChI=1S/C16H24ClN3/c17-15-6-4-5-13(11-18)16(15)20-10-7-14(12-20)19-8-2-1-3-9-19/h4-6,14H,1-3,7-12,18H2. The van der Waals surface area contributed by atoms with E-state index in [9.17, 15) is 0 Å². The summed E-state index contributed by atoms with van der Waals surface area (Å²) in [5.41, 5.74) is 8.20. The number of likely N-dealkylation sites (tertiary alicyclic amines) is 1. The maximum Gasteiger partial charge on any atom is 0.0642 e. The third kappa shape index (κ3) is 2.80.